The van der Waals surface area contributed by atoms with Crippen molar-refractivity contribution < 1.29 is 14.7 Å². The summed E-state index contributed by atoms with van der Waals surface area (Å²) in [6.45, 7) is 0.693. The molecular weight excluding hydrogens is 406 g/mol. The fourth-order valence-electron chi connectivity index (χ4n) is 3.25. The number of aliphatic hydroxyl groups excluding tert-OH is 1. The summed E-state index contributed by atoms with van der Waals surface area (Å²) in [5.41, 5.74) is 7.94. The zero-order chi connectivity index (χ0) is 21.8. The Morgan fingerprint density at radius 1 is 1.30 bits per heavy atom. The van der Waals surface area contributed by atoms with Gasteiger partial charge in [0.25, 0.3) is 5.91 Å². The summed E-state index contributed by atoms with van der Waals surface area (Å²) in [6.07, 6.45) is -0.865. The maximum atomic E-state index is 12.7. The number of aliphatic hydroxyl groups is 1. The van der Waals surface area contributed by atoms with Crippen LogP contribution in [-0.4, -0.2) is 47.3 Å². The SMILES string of the molecule is CNc1cc(Cl)cc(C(O)C(=O)N2CCC2C(=O)NCc2ccc(C(=N)N)cc2)c1. The number of nitrogen functional groups attached to an aromatic ring is 1. The molecule has 2 amide bonds. The van der Waals surface area contributed by atoms with Crippen LogP contribution < -0.4 is 16.4 Å². The molecule has 1 heterocycles. The van der Waals surface area contributed by atoms with Crippen LogP contribution in [0.5, 0.6) is 0 Å². The molecule has 8 nitrogen and oxygen atoms in total. The molecule has 3 rings (SSSR count). The topological polar surface area (TPSA) is 132 Å². The van der Waals surface area contributed by atoms with Crippen LogP contribution in [0.3, 0.4) is 0 Å². The van der Waals surface area contributed by atoms with E-state index in [0.717, 1.165) is 5.56 Å². The van der Waals surface area contributed by atoms with Gasteiger partial charge >= 0.3 is 0 Å². The third kappa shape index (κ3) is 4.72. The van der Waals surface area contributed by atoms with Gasteiger partial charge in [-0.25, -0.2) is 0 Å². The molecule has 1 fully saturated rings. The first-order valence-corrected chi connectivity index (χ1v) is 9.85. The lowest BCUT2D eigenvalue weighted by Gasteiger charge is -2.40. The number of benzene rings is 2. The number of carbonyl (C=O) groups excluding carboxylic acids is 2. The molecule has 30 heavy (non-hydrogen) atoms. The van der Waals surface area contributed by atoms with Gasteiger partial charge in [-0.3, -0.25) is 15.0 Å². The Morgan fingerprint density at radius 2 is 2.00 bits per heavy atom. The van der Waals surface area contributed by atoms with Gasteiger partial charge < -0.3 is 26.4 Å². The number of amides is 2. The quantitative estimate of drug-likeness (QED) is 0.337. The molecule has 0 bridgehead atoms. The van der Waals surface area contributed by atoms with Crippen molar-refractivity contribution in [1.29, 1.82) is 5.41 Å². The molecule has 2 aromatic carbocycles. The highest BCUT2D eigenvalue weighted by Crippen LogP contribution is 2.28. The van der Waals surface area contributed by atoms with Crippen LogP contribution in [0.15, 0.2) is 42.5 Å². The van der Waals surface area contributed by atoms with Crippen molar-refractivity contribution in [1.82, 2.24) is 10.2 Å². The van der Waals surface area contributed by atoms with E-state index in [1.807, 2.05) is 0 Å². The average Bonchev–Trinajstić information content (AvgIpc) is 2.70. The summed E-state index contributed by atoms with van der Waals surface area (Å²) in [6, 6.07) is 11.2. The number of nitrogens with two attached hydrogens (primary N) is 1. The molecule has 9 heteroatoms. The summed E-state index contributed by atoms with van der Waals surface area (Å²) in [7, 11) is 1.72. The number of likely N-dealkylation sites (tertiary alicyclic amines) is 1. The van der Waals surface area contributed by atoms with Crippen LogP contribution in [0, 0.1) is 5.41 Å². The monoisotopic (exact) mass is 429 g/mol. The second-order valence-corrected chi connectivity index (χ2v) is 7.53. The van der Waals surface area contributed by atoms with E-state index in [1.54, 1.807) is 43.4 Å². The summed E-state index contributed by atoms with van der Waals surface area (Å²) >= 11 is 6.05. The van der Waals surface area contributed by atoms with Crippen LogP contribution >= 0.6 is 11.6 Å². The van der Waals surface area contributed by atoms with Crippen molar-refractivity contribution in [3.8, 4) is 0 Å². The number of nitrogens with zero attached hydrogens (tertiary/aromatic N) is 1. The average molecular weight is 430 g/mol. The molecule has 6 N–H and O–H groups in total. The highest BCUT2D eigenvalue weighted by Gasteiger charge is 2.40. The fourth-order valence-corrected chi connectivity index (χ4v) is 3.49. The summed E-state index contributed by atoms with van der Waals surface area (Å²) < 4.78 is 0. The van der Waals surface area contributed by atoms with Gasteiger partial charge in [0.15, 0.2) is 6.10 Å². The van der Waals surface area contributed by atoms with E-state index in [0.29, 0.717) is 34.8 Å². The number of amidine groups is 1. The number of anilines is 1. The molecule has 0 saturated carbocycles. The Kier molecular flexibility index (Phi) is 6.59. The normalized spacial score (nSPS) is 16.4. The number of rotatable bonds is 7. The zero-order valence-electron chi connectivity index (χ0n) is 16.5. The number of carbonyl (C=O) groups is 2. The number of halogens is 1. The molecule has 2 aromatic rings. The summed E-state index contributed by atoms with van der Waals surface area (Å²) in [5, 5.41) is 24.0. The molecule has 1 aliphatic rings. The van der Waals surface area contributed by atoms with Crippen molar-refractivity contribution in [3.63, 3.8) is 0 Å². The molecule has 1 aliphatic heterocycles. The lowest BCUT2D eigenvalue weighted by atomic mass is 9.98. The zero-order valence-corrected chi connectivity index (χ0v) is 17.2. The van der Waals surface area contributed by atoms with Gasteiger partial charge in [-0.15, -0.1) is 0 Å². The van der Waals surface area contributed by atoms with E-state index < -0.39 is 18.1 Å². The maximum absolute atomic E-state index is 12.7. The Labute approximate surface area is 179 Å². The Bertz CT molecular complexity index is 964. The first kappa shape index (κ1) is 21.6. The van der Waals surface area contributed by atoms with Crippen LogP contribution in [0.4, 0.5) is 5.69 Å². The maximum Gasteiger partial charge on any atom is 0.256 e. The van der Waals surface area contributed by atoms with Gasteiger partial charge in [0, 0.05) is 36.4 Å². The lowest BCUT2D eigenvalue weighted by molar-refractivity contribution is -0.154. The summed E-state index contributed by atoms with van der Waals surface area (Å²) in [4.78, 5) is 26.6. The van der Waals surface area contributed by atoms with E-state index in [-0.39, 0.29) is 18.3 Å². The van der Waals surface area contributed by atoms with E-state index >= 15 is 0 Å². The third-order valence-corrected chi connectivity index (χ3v) is 5.31. The predicted molar refractivity (Wildman–Crippen MR) is 115 cm³/mol. The molecule has 0 aromatic heterocycles. The van der Waals surface area contributed by atoms with Crippen molar-refractivity contribution in [3.05, 3.63) is 64.2 Å². The standard InChI is InChI=1S/C21H24ClN5O3/c1-25-16-9-14(8-15(22)10-16)18(28)21(30)27-7-6-17(27)20(29)26-11-12-2-4-13(5-3-12)19(23)24/h2-5,8-10,17-18,25,28H,6-7,11H2,1H3,(H3,23,24)(H,26,29). The van der Waals surface area contributed by atoms with Gasteiger partial charge in [0.1, 0.15) is 11.9 Å². The molecule has 0 radical (unpaired) electrons. The van der Waals surface area contributed by atoms with Crippen LogP contribution in [0.1, 0.15) is 29.2 Å². The first-order valence-electron chi connectivity index (χ1n) is 9.48. The largest absolute Gasteiger partial charge is 0.388 e. The third-order valence-electron chi connectivity index (χ3n) is 5.10. The van der Waals surface area contributed by atoms with Crippen molar-refractivity contribution in [2.24, 2.45) is 5.73 Å². The Hall–Kier alpha value is -3.10. The minimum atomic E-state index is -1.40. The molecular formula is C21H24ClN5O3. The Morgan fingerprint density at radius 3 is 2.57 bits per heavy atom. The highest BCUT2D eigenvalue weighted by atomic mass is 35.5. The molecule has 0 spiro atoms. The van der Waals surface area contributed by atoms with Gasteiger partial charge in [0.2, 0.25) is 5.91 Å². The minimum absolute atomic E-state index is 0.0192. The second-order valence-electron chi connectivity index (χ2n) is 7.09. The predicted octanol–water partition coefficient (Wildman–Crippen LogP) is 1.62. The van der Waals surface area contributed by atoms with Crippen LogP contribution in [-0.2, 0) is 16.1 Å². The van der Waals surface area contributed by atoms with E-state index in [4.69, 9.17) is 22.7 Å². The first-order chi connectivity index (χ1) is 14.3. The molecule has 2 atom stereocenters. The summed E-state index contributed by atoms with van der Waals surface area (Å²) in [5.74, 6) is -0.828. The second kappa shape index (κ2) is 9.15. The minimum Gasteiger partial charge on any atom is -0.388 e. The van der Waals surface area contributed by atoms with Crippen molar-refractivity contribution >= 4 is 34.9 Å². The molecule has 2 unspecified atom stereocenters. The van der Waals surface area contributed by atoms with Gasteiger partial charge in [-0.05, 0) is 35.7 Å². The van der Waals surface area contributed by atoms with E-state index in [2.05, 4.69) is 10.6 Å². The smallest absolute Gasteiger partial charge is 0.256 e. The number of hydrogen-bond acceptors (Lipinski definition) is 5. The molecule has 158 valence electrons. The van der Waals surface area contributed by atoms with Gasteiger partial charge in [-0.1, -0.05) is 35.9 Å². The van der Waals surface area contributed by atoms with Crippen LogP contribution in [0.25, 0.3) is 0 Å². The molecule has 0 aliphatic carbocycles. The fraction of sp³-hybridized carbons (Fsp3) is 0.286. The highest BCUT2D eigenvalue weighted by molar-refractivity contribution is 6.31. The van der Waals surface area contributed by atoms with Gasteiger partial charge in [0.05, 0.1) is 0 Å². The number of hydrogen-bond donors (Lipinski definition) is 5. The van der Waals surface area contributed by atoms with Crippen molar-refractivity contribution in [2.45, 2.75) is 25.1 Å². The Balaban J connectivity index is 1.60. The van der Waals surface area contributed by atoms with Crippen molar-refractivity contribution in [2.75, 3.05) is 18.9 Å². The van der Waals surface area contributed by atoms with Crippen LogP contribution in [0.2, 0.25) is 5.02 Å². The van der Waals surface area contributed by atoms with Gasteiger partial charge in [-0.2, -0.15) is 0 Å². The van der Waals surface area contributed by atoms with E-state index in [1.165, 1.54) is 11.0 Å². The molecule has 1 saturated heterocycles. The van der Waals surface area contributed by atoms with E-state index in [9.17, 15) is 14.7 Å². The lowest BCUT2D eigenvalue weighted by Crippen LogP contribution is -2.59. The number of nitrogens with one attached hydrogen (secondary N) is 3.